The number of rotatable bonds is 1. The van der Waals surface area contributed by atoms with Gasteiger partial charge in [-0.1, -0.05) is 6.42 Å². The molecule has 1 spiro atoms. The van der Waals surface area contributed by atoms with Crippen LogP contribution in [0.4, 0.5) is 0 Å². The van der Waals surface area contributed by atoms with Gasteiger partial charge in [0, 0.05) is 18.0 Å². The molecule has 2 unspecified atom stereocenters. The molecule has 1 saturated carbocycles. The van der Waals surface area contributed by atoms with Gasteiger partial charge in [0.05, 0.1) is 0 Å². The lowest BCUT2D eigenvalue weighted by molar-refractivity contribution is 0.193. The second-order valence-electron chi connectivity index (χ2n) is 5.11. The van der Waals surface area contributed by atoms with Crippen LogP contribution in [-0.2, 0) is 0 Å². The van der Waals surface area contributed by atoms with Gasteiger partial charge in [0.1, 0.15) is 0 Å². The van der Waals surface area contributed by atoms with Crippen molar-refractivity contribution in [2.45, 2.75) is 38.1 Å². The van der Waals surface area contributed by atoms with Gasteiger partial charge in [0.25, 0.3) is 0 Å². The van der Waals surface area contributed by atoms with Crippen LogP contribution in [0.3, 0.4) is 0 Å². The van der Waals surface area contributed by atoms with E-state index in [-0.39, 0.29) is 0 Å². The molecular weight excluding hydrogens is 160 g/mol. The molecule has 0 radical (unpaired) electrons. The predicted molar refractivity (Wildman–Crippen MR) is 53.7 cm³/mol. The summed E-state index contributed by atoms with van der Waals surface area (Å²) in [4.78, 5) is 2.76. The topological polar surface area (TPSA) is 15.3 Å². The molecule has 2 nitrogen and oxygen atoms in total. The largest absolute Gasteiger partial charge is 0.316 e. The summed E-state index contributed by atoms with van der Waals surface area (Å²) in [7, 11) is 0. The van der Waals surface area contributed by atoms with Gasteiger partial charge in [-0.25, -0.2) is 0 Å². The Labute approximate surface area is 80.7 Å². The number of piperidine rings is 1. The van der Waals surface area contributed by atoms with E-state index in [1.807, 2.05) is 0 Å². The maximum atomic E-state index is 3.52. The first-order valence-electron chi connectivity index (χ1n) is 5.86. The third kappa shape index (κ3) is 1.31. The molecule has 1 aliphatic carbocycles. The Bertz CT molecular complexity index is 190. The molecule has 2 saturated heterocycles. The lowest BCUT2D eigenvalue weighted by Crippen LogP contribution is -2.35. The number of likely N-dealkylation sites (tertiary alicyclic amines) is 1. The van der Waals surface area contributed by atoms with Crippen molar-refractivity contribution in [1.82, 2.24) is 10.2 Å². The fourth-order valence-corrected chi connectivity index (χ4v) is 3.29. The molecular formula is C11H20N2. The average Bonchev–Trinajstić information content (AvgIpc) is 2.66. The fraction of sp³-hybridized carbons (Fsp3) is 1.00. The van der Waals surface area contributed by atoms with E-state index in [1.165, 1.54) is 58.3 Å². The molecule has 74 valence electrons. The highest BCUT2D eigenvalue weighted by atomic mass is 15.2. The third-order valence-electron chi connectivity index (χ3n) is 4.25. The van der Waals surface area contributed by atoms with Crippen molar-refractivity contribution in [2.75, 3.05) is 26.2 Å². The molecule has 1 N–H and O–H groups in total. The van der Waals surface area contributed by atoms with Crippen molar-refractivity contribution >= 4 is 0 Å². The molecule has 0 aromatic rings. The summed E-state index contributed by atoms with van der Waals surface area (Å²) in [5, 5.41) is 3.52. The van der Waals surface area contributed by atoms with Crippen molar-refractivity contribution < 1.29 is 0 Å². The Balaban J connectivity index is 1.61. The van der Waals surface area contributed by atoms with Crippen molar-refractivity contribution in [3.63, 3.8) is 0 Å². The van der Waals surface area contributed by atoms with Crippen LogP contribution >= 0.6 is 0 Å². The zero-order chi connectivity index (χ0) is 8.73. The van der Waals surface area contributed by atoms with E-state index in [2.05, 4.69) is 10.2 Å². The van der Waals surface area contributed by atoms with Crippen LogP contribution in [0, 0.1) is 5.41 Å². The maximum absolute atomic E-state index is 3.52. The Morgan fingerprint density at radius 2 is 2.00 bits per heavy atom. The van der Waals surface area contributed by atoms with Crippen molar-refractivity contribution in [1.29, 1.82) is 0 Å². The molecule has 13 heavy (non-hydrogen) atoms. The van der Waals surface area contributed by atoms with Gasteiger partial charge in [-0.15, -0.1) is 0 Å². The highest BCUT2D eigenvalue weighted by Crippen LogP contribution is 2.54. The fourth-order valence-electron chi connectivity index (χ4n) is 3.29. The number of hydrogen-bond acceptors (Lipinski definition) is 2. The van der Waals surface area contributed by atoms with Crippen LogP contribution in [0.15, 0.2) is 0 Å². The number of nitrogens with zero attached hydrogens (tertiary/aromatic N) is 1. The molecule has 2 heteroatoms. The van der Waals surface area contributed by atoms with E-state index in [9.17, 15) is 0 Å². The second kappa shape index (κ2) is 2.96. The van der Waals surface area contributed by atoms with Crippen LogP contribution in [0.1, 0.15) is 32.1 Å². The number of nitrogens with one attached hydrogen (secondary N) is 1. The summed E-state index contributed by atoms with van der Waals surface area (Å²) in [5.41, 5.74) is 0.733. The van der Waals surface area contributed by atoms with E-state index >= 15 is 0 Å². The van der Waals surface area contributed by atoms with Gasteiger partial charge < -0.3 is 5.32 Å². The lowest BCUT2D eigenvalue weighted by atomic mass is 10.0. The van der Waals surface area contributed by atoms with Gasteiger partial charge in [0.15, 0.2) is 0 Å². The summed E-state index contributed by atoms with van der Waals surface area (Å²) in [5.74, 6) is 0. The molecule has 3 fully saturated rings. The number of hydrogen-bond donors (Lipinski definition) is 1. The minimum Gasteiger partial charge on any atom is -0.316 e. The maximum Gasteiger partial charge on any atom is 0.0171 e. The Hall–Kier alpha value is -0.0800. The van der Waals surface area contributed by atoms with E-state index < -0.39 is 0 Å². The molecule has 0 bridgehead atoms. The smallest absolute Gasteiger partial charge is 0.0171 e. The third-order valence-corrected chi connectivity index (χ3v) is 4.25. The van der Waals surface area contributed by atoms with Crippen LogP contribution in [0.2, 0.25) is 0 Å². The summed E-state index contributed by atoms with van der Waals surface area (Å²) >= 11 is 0. The molecule has 2 atom stereocenters. The van der Waals surface area contributed by atoms with E-state index in [0.717, 1.165) is 11.5 Å². The van der Waals surface area contributed by atoms with Crippen molar-refractivity contribution in [2.24, 2.45) is 5.41 Å². The lowest BCUT2D eigenvalue weighted by Gasteiger charge is -2.28. The molecule has 0 aromatic carbocycles. The quantitative estimate of drug-likeness (QED) is 0.653. The summed E-state index contributed by atoms with van der Waals surface area (Å²) in [6, 6.07) is 0.961. The molecule has 3 aliphatic rings. The minimum absolute atomic E-state index is 0.733. The first-order chi connectivity index (χ1) is 6.41. The zero-order valence-electron chi connectivity index (χ0n) is 8.39. The molecule has 2 aliphatic heterocycles. The van der Waals surface area contributed by atoms with Gasteiger partial charge in [-0.2, -0.15) is 0 Å². The van der Waals surface area contributed by atoms with Crippen molar-refractivity contribution in [3.05, 3.63) is 0 Å². The van der Waals surface area contributed by atoms with Crippen LogP contribution in [0.25, 0.3) is 0 Å². The Morgan fingerprint density at radius 3 is 2.69 bits per heavy atom. The van der Waals surface area contributed by atoms with E-state index in [1.54, 1.807) is 0 Å². The highest BCUT2D eigenvalue weighted by Gasteiger charge is 2.57. The van der Waals surface area contributed by atoms with Crippen LogP contribution in [-0.4, -0.2) is 37.1 Å². The average molecular weight is 180 g/mol. The molecule has 3 rings (SSSR count). The first-order valence-corrected chi connectivity index (χ1v) is 5.86. The summed E-state index contributed by atoms with van der Waals surface area (Å²) in [6.07, 6.45) is 7.28. The van der Waals surface area contributed by atoms with Gasteiger partial charge in [-0.3, -0.25) is 4.90 Å². The monoisotopic (exact) mass is 180 g/mol. The van der Waals surface area contributed by atoms with Gasteiger partial charge in [-0.05, 0) is 45.3 Å². The second-order valence-corrected chi connectivity index (χ2v) is 5.11. The minimum atomic E-state index is 0.733. The standard InChI is InChI=1S/C11H20N2/c1-2-6-13(7-3-1)10-8-11(10)4-5-12-9-11/h10,12H,1-9H2. The SMILES string of the molecule is C1CCN(C2CC23CCNC3)CC1. The van der Waals surface area contributed by atoms with Gasteiger partial charge >= 0.3 is 0 Å². The highest BCUT2D eigenvalue weighted by molar-refractivity contribution is 5.12. The van der Waals surface area contributed by atoms with Crippen LogP contribution < -0.4 is 5.32 Å². The Kier molecular flexibility index (Phi) is 1.88. The zero-order valence-corrected chi connectivity index (χ0v) is 8.39. The van der Waals surface area contributed by atoms with Crippen molar-refractivity contribution in [3.8, 4) is 0 Å². The predicted octanol–water partition coefficient (Wildman–Crippen LogP) is 1.22. The van der Waals surface area contributed by atoms with E-state index in [4.69, 9.17) is 0 Å². The van der Waals surface area contributed by atoms with Gasteiger partial charge in [0.2, 0.25) is 0 Å². The Morgan fingerprint density at radius 1 is 1.15 bits per heavy atom. The molecule has 0 amide bonds. The first kappa shape index (κ1) is 8.25. The molecule has 0 aromatic heterocycles. The molecule has 2 heterocycles. The van der Waals surface area contributed by atoms with E-state index in [0.29, 0.717) is 0 Å². The normalized spacial score (nSPS) is 45.7. The van der Waals surface area contributed by atoms with Crippen LogP contribution in [0.5, 0.6) is 0 Å². The summed E-state index contributed by atoms with van der Waals surface area (Å²) < 4.78 is 0. The summed E-state index contributed by atoms with van der Waals surface area (Å²) in [6.45, 7) is 5.33.